The molecule has 0 amide bonds. The van der Waals surface area contributed by atoms with Gasteiger partial charge in [-0.15, -0.1) is 0 Å². The minimum atomic E-state index is -0.689. The molecule has 0 radical (unpaired) electrons. The predicted molar refractivity (Wildman–Crippen MR) is 51.4 cm³/mol. The smallest absolute Gasteiger partial charge is 0.104 e. The van der Waals surface area contributed by atoms with E-state index in [0.29, 0.717) is 6.61 Å². The van der Waals surface area contributed by atoms with E-state index in [1.54, 1.807) is 6.26 Å². The quantitative estimate of drug-likeness (QED) is 0.632. The zero-order valence-corrected chi connectivity index (χ0v) is 8.52. The SMILES string of the molecule is C/C=C/OCC1(C)CCCS1=O. The van der Waals surface area contributed by atoms with Crippen molar-refractivity contribution in [1.82, 2.24) is 0 Å². The van der Waals surface area contributed by atoms with Gasteiger partial charge in [-0.25, -0.2) is 0 Å². The molecule has 1 aliphatic rings. The fourth-order valence-electron chi connectivity index (χ4n) is 1.40. The van der Waals surface area contributed by atoms with E-state index in [1.165, 1.54) is 0 Å². The second-order valence-electron chi connectivity index (χ2n) is 3.38. The van der Waals surface area contributed by atoms with Gasteiger partial charge in [-0.3, -0.25) is 4.21 Å². The molecular formula is C9H16O2S. The molecule has 0 aromatic carbocycles. The molecule has 0 spiro atoms. The molecule has 1 fully saturated rings. The van der Waals surface area contributed by atoms with Crippen molar-refractivity contribution in [3.05, 3.63) is 12.3 Å². The Morgan fingerprint density at radius 3 is 2.92 bits per heavy atom. The first kappa shape index (κ1) is 9.78. The van der Waals surface area contributed by atoms with Crippen LogP contribution in [0.5, 0.6) is 0 Å². The minimum Gasteiger partial charge on any atom is -0.500 e. The predicted octanol–water partition coefficient (Wildman–Crippen LogP) is 1.84. The van der Waals surface area contributed by atoms with Crippen molar-refractivity contribution in [3.63, 3.8) is 0 Å². The van der Waals surface area contributed by atoms with Crippen LogP contribution in [0.25, 0.3) is 0 Å². The van der Waals surface area contributed by atoms with E-state index in [0.717, 1.165) is 18.6 Å². The van der Waals surface area contributed by atoms with Crippen LogP contribution < -0.4 is 0 Å². The maximum Gasteiger partial charge on any atom is 0.104 e. The van der Waals surface area contributed by atoms with E-state index < -0.39 is 10.8 Å². The third kappa shape index (κ3) is 2.09. The lowest BCUT2D eigenvalue weighted by molar-refractivity contribution is 0.214. The fourth-order valence-corrected chi connectivity index (χ4v) is 2.87. The first-order chi connectivity index (χ1) is 5.69. The first-order valence-corrected chi connectivity index (χ1v) is 5.62. The van der Waals surface area contributed by atoms with Gasteiger partial charge in [-0.2, -0.15) is 0 Å². The summed E-state index contributed by atoms with van der Waals surface area (Å²) in [6.45, 7) is 4.54. The summed E-state index contributed by atoms with van der Waals surface area (Å²) in [5, 5.41) is 0. The van der Waals surface area contributed by atoms with Gasteiger partial charge in [0.1, 0.15) is 6.61 Å². The Labute approximate surface area is 76.5 Å². The molecule has 12 heavy (non-hydrogen) atoms. The van der Waals surface area contributed by atoms with Crippen molar-refractivity contribution in [1.29, 1.82) is 0 Å². The van der Waals surface area contributed by atoms with Crippen LogP contribution in [0.2, 0.25) is 0 Å². The first-order valence-electron chi connectivity index (χ1n) is 4.30. The van der Waals surface area contributed by atoms with Gasteiger partial charge in [0.15, 0.2) is 0 Å². The molecule has 0 bridgehead atoms. The summed E-state index contributed by atoms with van der Waals surface area (Å²) in [5.74, 6) is 0.843. The van der Waals surface area contributed by atoms with Gasteiger partial charge < -0.3 is 4.74 Å². The summed E-state index contributed by atoms with van der Waals surface area (Å²) in [6.07, 6.45) is 5.61. The highest BCUT2D eigenvalue weighted by atomic mass is 32.2. The molecule has 0 aromatic heterocycles. The normalized spacial score (nSPS) is 36.0. The van der Waals surface area contributed by atoms with E-state index in [-0.39, 0.29) is 4.75 Å². The summed E-state index contributed by atoms with van der Waals surface area (Å²) in [5.41, 5.74) is 0. The van der Waals surface area contributed by atoms with Crippen LogP contribution in [-0.4, -0.2) is 21.3 Å². The van der Waals surface area contributed by atoms with E-state index in [4.69, 9.17) is 4.74 Å². The molecule has 1 heterocycles. The molecule has 2 atom stereocenters. The van der Waals surface area contributed by atoms with Crippen LogP contribution >= 0.6 is 0 Å². The van der Waals surface area contributed by atoms with Crippen LogP contribution in [0.4, 0.5) is 0 Å². The van der Waals surface area contributed by atoms with Gasteiger partial charge in [0.25, 0.3) is 0 Å². The van der Waals surface area contributed by atoms with Crippen LogP contribution in [0.15, 0.2) is 12.3 Å². The zero-order valence-electron chi connectivity index (χ0n) is 7.71. The molecule has 3 heteroatoms. The van der Waals surface area contributed by atoms with Gasteiger partial charge in [0.05, 0.1) is 11.0 Å². The molecule has 70 valence electrons. The topological polar surface area (TPSA) is 26.3 Å². The van der Waals surface area contributed by atoms with Crippen molar-refractivity contribution >= 4 is 10.8 Å². The van der Waals surface area contributed by atoms with E-state index in [9.17, 15) is 4.21 Å². The van der Waals surface area contributed by atoms with Crippen LogP contribution in [0.3, 0.4) is 0 Å². The Morgan fingerprint density at radius 1 is 1.67 bits per heavy atom. The Balaban J connectivity index is 2.43. The van der Waals surface area contributed by atoms with Crippen LogP contribution in [0, 0.1) is 0 Å². The minimum absolute atomic E-state index is 0.0977. The van der Waals surface area contributed by atoms with E-state index in [2.05, 4.69) is 0 Å². The third-order valence-electron chi connectivity index (χ3n) is 2.21. The molecule has 0 aliphatic carbocycles. The van der Waals surface area contributed by atoms with E-state index in [1.807, 2.05) is 19.9 Å². The van der Waals surface area contributed by atoms with Crippen molar-refractivity contribution < 1.29 is 8.95 Å². The maximum absolute atomic E-state index is 11.5. The molecule has 0 aromatic rings. The molecule has 2 unspecified atom stereocenters. The molecule has 0 N–H and O–H groups in total. The standard InChI is InChI=1S/C9H16O2S/c1-3-6-11-8-9(2)5-4-7-12(9)10/h3,6H,4-5,7-8H2,1-2H3/b6-3+. The highest BCUT2D eigenvalue weighted by Gasteiger charge is 2.36. The number of rotatable bonds is 3. The molecule has 1 rings (SSSR count). The zero-order chi connectivity index (χ0) is 9.03. The number of allylic oxidation sites excluding steroid dienone is 1. The maximum atomic E-state index is 11.5. The summed E-state index contributed by atoms with van der Waals surface area (Å²) >= 11 is 0. The summed E-state index contributed by atoms with van der Waals surface area (Å²) < 4.78 is 16.7. The number of hydrogen-bond acceptors (Lipinski definition) is 2. The highest BCUT2D eigenvalue weighted by molar-refractivity contribution is 7.86. The van der Waals surface area contributed by atoms with Crippen molar-refractivity contribution in [2.45, 2.75) is 31.4 Å². The molecule has 2 nitrogen and oxygen atoms in total. The van der Waals surface area contributed by atoms with E-state index >= 15 is 0 Å². The second-order valence-corrected chi connectivity index (χ2v) is 5.47. The molecule has 1 saturated heterocycles. The van der Waals surface area contributed by atoms with Gasteiger partial charge in [-0.1, -0.05) is 6.08 Å². The summed E-state index contributed by atoms with van der Waals surface area (Å²) in [6, 6.07) is 0. The Kier molecular flexibility index (Phi) is 3.32. The largest absolute Gasteiger partial charge is 0.500 e. The Bertz CT molecular complexity index is 201. The van der Waals surface area contributed by atoms with Crippen LogP contribution in [-0.2, 0) is 15.5 Å². The van der Waals surface area contributed by atoms with Crippen molar-refractivity contribution in [3.8, 4) is 0 Å². The fraction of sp³-hybridized carbons (Fsp3) is 0.778. The van der Waals surface area contributed by atoms with Gasteiger partial charge in [0, 0.05) is 16.6 Å². The lowest BCUT2D eigenvalue weighted by Crippen LogP contribution is -2.31. The summed E-state index contributed by atoms with van der Waals surface area (Å²) in [4.78, 5) is 0. The number of ether oxygens (including phenoxy) is 1. The average molecular weight is 188 g/mol. The average Bonchev–Trinajstić information content (AvgIpc) is 2.34. The third-order valence-corrected chi connectivity index (χ3v) is 4.29. The summed E-state index contributed by atoms with van der Waals surface area (Å²) in [7, 11) is -0.689. The van der Waals surface area contributed by atoms with Crippen LogP contribution in [0.1, 0.15) is 26.7 Å². The Hall–Kier alpha value is -0.310. The van der Waals surface area contributed by atoms with Gasteiger partial charge >= 0.3 is 0 Å². The monoisotopic (exact) mass is 188 g/mol. The molecule has 0 saturated carbocycles. The molecule has 1 aliphatic heterocycles. The van der Waals surface area contributed by atoms with Crippen molar-refractivity contribution in [2.24, 2.45) is 0 Å². The van der Waals surface area contributed by atoms with Gasteiger partial charge in [-0.05, 0) is 26.7 Å². The highest BCUT2D eigenvalue weighted by Crippen LogP contribution is 2.28. The lowest BCUT2D eigenvalue weighted by Gasteiger charge is -2.20. The second kappa shape index (κ2) is 4.08. The molecular weight excluding hydrogens is 172 g/mol. The van der Waals surface area contributed by atoms with Crippen molar-refractivity contribution in [2.75, 3.05) is 12.4 Å². The Morgan fingerprint density at radius 2 is 2.42 bits per heavy atom. The lowest BCUT2D eigenvalue weighted by atomic mass is 10.1. The number of hydrogen-bond donors (Lipinski definition) is 0. The van der Waals surface area contributed by atoms with Gasteiger partial charge in [0.2, 0.25) is 0 Å².